The summed E-state index contributed by atoms with van der Waals surface area (Å²) in [6.07, 6.45) is 1.78. The van der Waals surface area contributed by atoms with Gasteiger partial charge in [0.25, 0.3) is 17.0 Å². The number of thiazole rings is 1. The quantitative estimate of drug-likeness (QED) is 0.441. The Kier molecular flexibility index (Phi) is 4.75. The molecule has 0 aliphatic heterocycles. The standard InChI is InChI=1S/C22H14FN5O3S/c23-15-6-4-13(5-7-15)19-20(27-10-11-32-22(27)24-19)25-21(31)14-2-1-3-16(12-14)28-18(30)9-8-17(29)26-28/h1-12H,(H,25,31)(H,26,29). The molecule has 5 aromatic rings. The number of carbonyl (C=O) groups is 1. The van der Waals surface area contributed by atoms with Gasteiger partial charge in [-0.25, -0.2) is 14.1 Å². The number of halogens is 1. The molecule has 32 heavy (non-hydrogen) atoms. The van der Waals surface area contributed by atoms with Crippen LogP contribution in [0.4, 0.5) is 10.2 Å². The summed E-state index contributed by atoms with van der Waals surface area (Å²) in [5.74, 6) is -0.366. The summed E-state index contributed by atoms with van der Waals surface area (Å²) in [5.41, 5.74) is 0.895. The van der Waals surface area contributed by atoms with Crippen molar-refractivity contribution < 1.29 is 9.18 Å². The molecule has 8 nitrogen and oxygen atoms in total. The van der Waals surface area contributed by atoms with Crippen molar-refractivity contribution in [2.45, 2.75) is 0 Å². The second-order valence-electron chi connectivity index (χ2n) is 6.86. The molecule has 0 saturated carbocycles. The first-order chi connectivity index (χ1) is 15.5. The highest BCUT2D eigenvalue weighted by atomic mass is 32.1. The maximum absolute atomic E-state index is 13.4. The maximum Gasteiger partial charge on any atom is 0.269 e. The molecule has 2 N–H and O–H groups in total. The van der Waals surface area contributed by atoms with E-state index in [0.29, 0.717) is 27.7 Å². The van der Waals surface area contributed by atoms with E-state index in [2.05, 4.69) is 15.4 Å². The number of benzene rings is 2. The Hall–Kier alpha value is -4.31. The van der Waals surface area contributed by atoms with Crippen molar-refractivity contribution in [2.75, 3.05) is 5.32 Å². The number of H-pyrrole nitrogens is 1. The highest BCUT2D eigenvalue weighted by Gasteiger charge is 2.18. The van der Waals surface area contributed by atoms with Gasteiger partial charge in [0.2, 0.25) is 0 Å². The van der Waals surface area contributed by atoms with Gasteiger partial charge in [-0.05, 0) is 42.5 Å². The zero-order chi connectivity index (χ0) is 22.2. The van der Waals surface area contributed by atoms with Gasteiger partial charge in [-0.1, -0.05) is 6.07 Å². The number of rotatable bonds is 4. The third-order valence-electron chi connectivity index (χ3n) is 4.80. The molecule has 0 unspecified atom stereocenters. The monoisotopic (exact) mass is 447 g/mol. The van der Waals surface area contributed by atoms with Crippen LogP contribution in [0.3, 0.4) is 0 Å². The van der Waals surface area contributed by atoms with Crippen LogP contribution in [0.5, 0.6) is 0 Å². The number of hydrogen-bond acceptors (Lipinski definition) is 5. The van der Waals surface area contributed by atoms with Crippen molar-refractivity contribution in [2.24, 2.45) is 0 Å². The second kappa shape index (κ2) is 7.75. The zero-order valence-corrected chi connectivity index (χ0v) is 17.1. The van der Waals surface area contributed by atoms with Gasteiger partial charge < -0.3 is 5.32 Å². The van der Waals surface area contributed by atoms with E-state index in [1.165, 1.54) is 29.5 Å². The molecule has 3 heterocycles. The number of carbonyl (C=O) groups excluding carboxylic acids is 1. The van der Waals surface area contributed by atoms with Crippen LogP contribution in [0.15, 0.2) is 81.8 Å². The number of nitrogens with one attached hydrogen (secondary N) is 2. The van der Waals surface area contributed by atoms with Crippen LogP contribution in [0.2, 0.25) is 0 Å². The minimum atomic E-state index is -0.442. The molecular weight excluding hydrogens is 433 g/mol. The summed E-state index contributed by atoms with van der Waals surface area (Å²) in [4.78, 5) is 42.0. The van der Waals surface area contributed by atoms with Crippen molar-refractivity contribution in [3.8, 4) is 16.9 Å². The van der Waals surface area contributed by atoms with Crippen molar-refractivity contribution in [3.63, 3.8) is 0 Å². The van der Waals surface area contributed by atoms with Crippen LogP contribution in [0.1, 0.15) is 10.4 Å². The number of hydrogen-bond donors (Lipinski definition) is 2. The summed E-state index contributed by atoms with van der Waals surface area (Å²) in [7, 11) is 0. The fourth-order valence-electron chi connectivity index (χ4n) is 3.30. The second-order valence-corrected chi connectivity index (χ2v) is 7.73. The van der Waals surface area contributed by atoms with E-state index in [9.17, 15) is 18.8 Å². The number of aromatic nitrogens is 4. The van der Waals surface area contributed by atoms with Crippen LogP contribution in [-0.2, 0) is 0 Å². The minimum Gasteiger partial charge on any atom is -0.306 e. The van der Waals surface area contributed by atoms with Crippen LogP contribution < -0.4 is 16.4 Å². The van der Waals surface area contributed by atoms with Crippen LogP contribution in [-0.4, -0.2) is 25.1 Å². The summed E-state index contributed by atoms with van der Waals surface area (Å²) >= 11 is 1.40. The Bertz CT molecular complexity index is 1580. The number of amides is 1. The zero-order valence-electron chi connectivity index (χ0n) is 16.3. The molecule has 0 aliphatic carbocycles. The topological polar surface area (TPSA) is 101 Å². The lowest BCUT2D eigenvalue weighted by Gasteiger charge is -2.09. The molecule has 0 saturated heterocycles. The lowest BCUT2D eigenvalue weighted by Crippen LogP contribution is -2.26. The number of fused-ring (bicyclic) bond motifs is 1. The van der Waals surface area contributed by atoms with E-state index < -0.39 is 17.0 Å². The summed E-state index contributed by atoms with van der Waals surface area (Å²) in [6.45, 7) is 0. The average molecular weight is 447 g/mol. The normalized spacial score (nSPS) is 11.0. The molecule has 10 heteroatoms. The molecule has 0 radical (unpaired) electrons. The molecule has 0 spiro atoms. The van der Waals surface area contributed by atoms with Gasteiger partial charge in [0.05, 0.1) is 5.69 Å². The minimum absolute atomic E-state index is 0.273. The first kappa shape index (κ1) is 19.6. The van der Waals surface area contributed by atoms with Crippen molar-refractivity contribution in [1.29, 1.82) is 0 Å². The predicted octanol–water partition coefficient (Wildman–Crippen LogP) is 3.29. The van der Waals surface area contributed by atoms with E-state index in [1.807, 2.05) is 5.38 Å². The van der Waals surface area contributed by atoms with E-state index in [1.54, 1.807) is 40.9 Å². The third-order valence-corrected chi connectivity index (χ3v) is 5.55. The molecule has 0 bridgehead atoms. The Balaban J connectivity index is 1.54. The Labute approximate surface area is 183 Å². The number of aromatic amines is 1. The van der Waals surface area contributed by atoms with Gasteiger partial charge in [0.1, 0.15) is 17.3 Å². The summed E-state index contributed by atoms with van der Waals surface area (Å²) in [5, 5.41) is 7.14. The molecule has 3 aromatic heterocycles. The summed E-state index contributed by atoms with van der Waals surface area (Å²) in [6, 6.07) is 14.4. The molecule has 1 amide bonds. The van der Waals surface area contributed by atoms with E-state index >= 15 is 0 Å². The molecule has 2 aromatic carbocycles. The Morgan fingerprint density at radius 3 is 2.69 bits per heavy atom. The number of nitrogens with zero attached hydrogens (tertiary/aromatic N) is 3. The largest absolute Gasteiger partial charge is 0.306 e. The highest BCUT2D eigenvalue weighted by molar-refractivity contribution is 7.15. The van der Waals surface area contributed by atoms with Gasteiger partial charge >= 0.3 is 0 Å². The maximum atomic E-state index is 13.4. The average Bonchev–Trinajstić information content (AvgIpc) is 3.39. The SMILES string of the molecule is O=C(Nc1c(-c2ccc(F)cc2)nc2sccn12)c1cccc(-n2[nH]c(=O)ccc2=O)c1. The van der Waals surface area contributed by atoms with Crippen LogP contribution in [0, 0.1) is 5.82 Å². The molecular formula is C22H14FN5O3S. The molecule has 5 rings (SSSR count). The molecule has 0 fully saturated rings. The lowest BCUT2D eigenvalue weighted by atomic mass is 10.1. The van der Waals surface area contributed by atoms with E-state index in [0.717, 1.165) is 16.8 Å². The number of imidazole rings is 1. The lowest BCUT2D eigenvalue weighted by molar-refractivity contribution is 0.102. The van der Waals surface area contributed by atoms with Gasteiger partial charge in [0.15, 0.2) is 4.96 Å². The first-order valence-corrected chi connectivity index (χ1v) is 10.3. The van der Waals surface area contributed by atoms with Crippen molar-refractivity contribution in [3.05, 3.63) is 104 Å². The third kappa shape index (κ3) is 3.52. The van der Waals surface area contributed by atoms with Gasteiger partial charge in [-0.2, -0.15) is 0 Å². The summed E-state index contributed by atoms with van der Waals surface area (Å²) < 4.78 is 16.2. The Morgan fingerprint density at radius 1 is 1.06 bits per heavy atom. The van der Waals surface area contributed by atoms with Gasteiger partial charge in [0, 0.05) is 34.8 Å². The van der Waals surface area contributed by atoms with Crippen LogP contribution >= 0.6 is 11.3 Å². The Morgan fingerprint density at radius 2 is 1.88 bits per heavy atom. The van der Waals surface area contributed by atoms with E-state index in [-0.39, 0.29) is 11.4 Å². The smallest absolute Gasteiger partial charge is 0.269 e. The highest BCUT2D eigenvalue weighted by Crippen LogP contribution is 2.31. The van der Waals surface area contributed by atoms with Crippen molar-refractivity contribution >= 4 is 28.0 Å². The van der Waals surface area contributed by atoms with E-state index in [4.69, 9.17) is 0 Å². The van der Waals surface area contributed by atoms with Gasteiger partial charge in [-0.3, -0.25) is 23.9 Å². The number of anilines is 1. The fourth-order valence-corrected chi connectivity index (χ4v) is 4.01. The molecule has 0 aliphatic rings. The molecule has 158 valence electrons. The van der Waals surface area contributed by atoms with Crippen LogP contribution in [0.25, 0.3) is 21.9 Å². The fraction of sp³-hybridized carbons (Fsp3) is 0. The molecule has 0 atom stereocenters. The first-order valence-electron chi connectivity index (χ1n) is 9.45. The van der Waals surface area contributed by atoms with Crippen molar-refractivity contribution in [1.82, 2.24) is 19.2 Å². The predicted molar refractivity (Wildman–Crippen MR) is 119 cm³/mol. The van der Waals surface area contributed by atoms with Gasteiger partial charge in [-0.15, -0.1) is 11.3 Å².